The van der Waals surface area contributed by atoms with Gasteiger partial charge in [0, 0.05) is 36.3 Å². The van der Waals surface area contributed by atoms with Gasteiger partial charge in [-0.25, -0.2) is 4.79 Å². The summed E-state index contributed by atoms with van der Waals surface area (Å²) >= 11 is 0. The maximum absolute atomic E-state index is 13.2. The topological polar surface area (TPSA) is 87.5 Å². The Kier molecular flexibility index (Phi) is 6.28. The van der Waals surface area contributed by atoms with Gasteiger partial charge in [-0.2, -0.15) is 0 Å². The third-order valence-electron chi connectivity index (χ3n) is 6.82. The molecule has 5 rings (SSSR count). The maximum Gasteiger partial charge on any atom is 0.315 e. The molecule has 3 amide bonds. The van der Waals surface area contributed by atoms with Crippen LogP contribution in [0.15, 0.2) is 53.1 Å². The lowest BCUT2D eigenvalue weighted by Crippen LogP contribution is -2.51. The molecule has 2 heterocycles. The molecule has 2 fully saturated rings. The summed E-state index contributed by atoms with van der Waals surface area (Å²) < 4.78 is 5.57. The van der Waals surface area contributed by atoms with Gasteiger partial charge < -0.3 is 20.1 Å². The molecule has 1 saturated carbocycles. The molecule has 2 N–H and O–H groups in total. The van der Waals surface area contributed by atoms with Crippen LogP contribution >= 0.6 is 0 Å². The zero-order valence-electron chi connectivity index (χ0n) is 18.8. The molecule has 1 aromatic heterocycles. The van der Waals surface area contributed by atoms with Crippen LogP contribution in [0.3, 0.4) is 0 Å². The zero-order valence-corrected chi connectivity index (χ0v) is 18.8. The van der Waals surface area contributed by atoms with E-state index in [1.54, 1.807) is 0 Å². The van der Waals surface area contributed by atoms with Gasteiger partial charge >= 0.3 is 6.03 Å². The number of carbonyl (C=O) groups is 2. The fourth-order valence-electron chi connectivity index (χ4n) is 4.94. The van der Waals surface area contributed by atoms with Crippen molar-refractivity contribution < 1.29 is 14.1 Å². The predicted molar refractivity (Wildman–Crippen MR) is 127 cm³/mol. The van der Waals surface area contributed by atoms with Gasteiger partial charge in [-0.05, 0) is 43.9 Å². The van der Waals surface area contributed by atoms with E-state index < -0.39 is 0 Å². The summed E-state index contributed by atoms with van der Waals surface area (Å²) in [6.07, 6.45) is 7.32. The third kappa shape index (κ3) is 4.87. The number of amides is 3. The first-order valence-electron chi connectivity index (χ1n) is 12.0. The summed E-state index contributed by atoms with van der Waals surface area (Å²) in [5, 5.41) is 11.2. The van der Waals surface area contributed by atoms with Crippen molar-refractivity contribution in [2.75, 3.05) is 13.1 Å². The molecule has 0 unspecified atom stereocenters. The molecule has 1 aliphatic heterocycles. The van der Waals surface area contributed by atoms with Crippen molar-refractivity contribution in [1.29, 1.82) is 0 Å². The Bertz CT molecular complexity index is 1110. The summed E-state index contributed by atoms with van der Waals surface area (Å²) in [6, 6.07) is 15.6. The Morgan fingerprint density at radius 3 is 2.30 bits per heavy atom. The van der Waals surface area contributed by atoms with Crippen LogP contribution in [-0.2, 0) is 0 Å². The highest BCUT2D eigenvalue weighted by atomic mass is 16.5. The third-order valence-corrected chi connectivity index (χ3v) is 6.82. The van der Waals surface area contributed by atoms with E-state index in [-0.39, 0.29) is 18.0 Å². The van der Waals surface area contributed by atoms with E-state index in [4.69, 9.17) is 4.52 Å². The van der Waals surface area contributed by atoms with E-state index in [2.05, 4.69) is 15.8 Å². The van der Waals surface area contributed by atoms with Gasteiger partial charge in [0.2, 0.25) is 0 Å². The second-order valence-corrected chi connectivity index (χ2v) is 9.13. The van der Waals surface area contributed by atoms with Crippen molar-refractivity contribution in [1.82, 2.24) is 20.7 Å². The van der Waals surface area contributed by atoms with Gasteiger partial charge in [-0.3, -0.25) is 4.79 Å². The second-order valence-electron chi connectivity index (χ2n) is 9.13. The lowest BCUT2D eigenvalue weighted by molar-refractivity contribution is 0.0708. The molecule has 2 aliphatic rings. The number of hydrogen-bond acceptors (Lipinski definition) is 4. The average molecular weight is 447 g/mol. The molecule has 1 aliphatic carbocycles. The first-order chi connectivity index (χ1) is 16.2. The number of piperidine rings is 1. The molecule has 7 heteroatoms. The number of nitrogens with one attached hydrogen (secondary N) is 2. The fourth-order valence-corrected chi connectivity index (χ4v) is 4.94. The van der Waals surface area contributed by atoms with E-state index in [9.17, 15) is 9.59 Å². The standard InChI is InChI=1S/C26H30N4O3/c31-25(19-11-12-23-22(17-19)24(33-29-23)18-7-3-1-4-8-18)30-15-13-21(14-16-30)28-26(32)27-20-9-5-2-6-10-20/h1,3-4,7-8,11-12,17,20-21H,2,5-6,9-10,13-16H2,(H2,27,28,32). The number of urea groups is 1. The van der Waals surface area contributed by atoms with Gasteiger partial charge in [0.1, 0.15) is 5.52 Å². The van der Waals surface area contributed by atoms with Gasteiger partial charge in [0.25, 0.3) is 5.91 Å². The smallest absolute Gasteiger partial charge is 0.315 e. The number of carbonyl (C=O) groups excluding carboxylic acids is 2. The minimum absolute atomic E-state index is 0.00205. The summed E-state index contributed by atoms with van der Waals surface area (Å²) in [5.41, 5.74) is 2.30. The predicted octanol–water partition coefficient (Wildman–Crippen LogP) is 4.73. The highest BCUT2D eigenvalue weighted by Crippen LogP contribution is 2.29. The molecular formula is C26H30N4O3. The van der Waals surface area contributed by atoms with Crippen molar-refractivity contribution in [3.8, 4) is 11.3 Å². The lowest BCUT2D eigenvalue weighted by Gasteiger charge is -2.33. The Morgan fingerprint density at radius 2 is 1.58 bits per heavy atom. The average Bonchev–Trinajstić information content (AvgIpc) is 3.28. The maximum atomic E-state index is 13.2. The van der Waals surface area contributed by atoms with Gasteiger partial charge in [-0.1, -0.05) is 54.8 Å². The minimum Gasteiger partial charge on any atom is -0.355 e. The Labute approximate surface area is 193 Å². The molecule has 0 bridgehead atoms. The lowest BCUT2D eigenvalue weighted by atomic mass is 9.96. The molecule has 33 heavy (non-hydrogen) atoms. The highest BCUT2D eigenvalue weighted by Gasteiger charge is 2.26. The monoisotopic (exact) mass is 446 g/mol. The Morgan fingerprint density at radius 1 is 0.879 bits per heavy atom. The van der Waals surface area contributed by atoms with Crippen molar-refractivity contribution in [3.63, 3.8) is 0 Å². The Hall–Kier alpha value is -3.35. The van der Waals surface area contributed by atoms with Crippen LogP contribution in [0.5, 0.6) is 0 Å². The fraction of sp³-hybridized carbons (Fsp3) is 0.423. The molecule has 7 nitrogen and oxygen atoms in total. The van der Waals surface area contributed by atoms with Crippen LogP contribution in [0.25, 0.3) is 22.2 Å². The number of rotatable bonds is 4. The van der Waals surface area contributed by atoms with E-state index in [0.717, 1.165) is 42.1 Å². The van der Waals surface area contributed by atoms with E-state index in [1.807, 2.05) is 53.4 Å². The van der Waals surface area contributed by atoms with Crippen LogP contribution < -0.4 is 10.6 Å². The van der Waals surface area contributed by atoms with Gasteiger partial charge in [0.05, 0.1) is 5.39 Å². The number of likely N-dealkylation sites (tertiary alicyclic amines) is 1. The van der Waals surface area contributed by atoms with Crippen LogP contribution in [0.2, 0.25) is 0 Å². The van der Waals surface area contributed by atoms with E-state index in [0.29, 0.717) is 30.5 Å². The molecule has 1 saturated heterocycles. The minimum atomic E-state index is -0.0713. The molecule has 0 radical (unpaired) electrons. The highest BCUT2D eigenvalue weighted by molar-refractivity contribution is 6.01. The van der Waals surface area contributed by atoms with Crippen molar-refractivity contribution in [2.24, 2.45) is 0 Å². The largest absolute Gasteiger partial charge is 0.355 e. The number of aromatic nitrogens is 1. The van der Waals surface area contributed by atoms with Gasteiger partial charge in [-0.15, -0.1) is 0 Å². The zero-order chi connectivity index (χ0) is 22.6. The summed E-state index contributed by atoms with van der Waals surface area (Å²) in [4.78, 5) is 27.4. The van der Waals surface area contributed by atoms with E-state index >= 15 is 0 Å². The number of nitrogens with zero attached hydrogens (tertiary/aromatic N) is 2. The molecule has 3 aromatic rings. The Balaban J connectivity index is 1.20. The van der Waals surface area contributed by atoms with Crippen LogP contribution in [-0.4, -0.2) is 47.2 Å². The van der Waals surface area contributed by atoms with Crippen molar-refractivity contribution in [2.45, 2.75) is 57.0 Å². The van der Waals surface area contributed by atoms with Crippen LogP contribution in [0.4, 0.5) is 4.79 Å². The van der Waals surface area contributed by atoms with Crippen molar-refractivity contribution in [3.05, 3.63) is 54.1 Å². The first-order valence-corrected chi connectivity index (χ1v) is 12.0. The second kappa shape index (κ2) is 9.65. The molecule has 0 spiro atoms. The van der Waals surface area contributed by atoms with Crippen LogP contribution in [0.1, 0.15) is 55.3 Å². The molecule has 172 valence electrons. The summed E-state index contributed by atoms with van der Waals surface area (Å²) in [5.74, 6) is 0.675. The number of benzene rings is 2. The molecular weight excluding hydrogens is 416 g/mol. The molecule has 0 atom stereocenters. The number of fused-ring (bicyclic) bond motifs is 1. The number of hydrogen-bond donors (Lipinski definition) is 2. The first kappa shape index (κ1) is 21.5. The quantitative estimate of drug-likeness (QED) is 0.606. The molecule has 2 aromatic carbocycles. The SMILES string of the molecule is O=C(NC1CCCCC1)NC1CCN(C(=O)c2ccc3noc(-c4ccccc4)c3c2)CC1. The van der Waals surface area contributed by atoms with E-state index in [1.165, 1.54) is 19.3 Å². The normalized spacial score (nSPS) is 17.8. The summed E-state index contributed by atoms with van der Waals surface area (Å²) in [6.45, 7) is 1.25. The van der Waals surface area contributed by atoms with Crippen LogP contribution in [0, 0.1) is 0 Å². The van der Waals surface area contributed by atoms with Crippen molar-refractivity contribution >= 4 is 22.8 Å². The van der Waals surface area contributed by atoms with Gasteiger partial charge in [0.15, 0.2) is 5.76 Å². The summed E-state index contributed by atoms with van der Waals surface area (Å²) in [7, 11) is 0.